The number of nitrogens with zero attached hydrogens (tertiary/aromatic N) is 2. The third kappa shape index (κ3) is 3.69. The minimum Gasteiger partial charge on any atom is -0.312 e. The monoisotopic (exact) mass is 382 g/mol. The van der Waals surface area contributed by atoms with Crippen molar-refractivity contribution >= 4 is 39.2 Å². The first-order chi connectivity index (χ1) is 12.5. The minimum atomic E-state index is -0.205. The molecule has 0 saturated carbocycles. The lowest BCUT2D eigenvalue weighted by molar-refractivity contribution is 0.0995. The summed E-state index contributed by atoms with van der Waals surface area (Å²) < 4.78 is 3.19. The second-order valence-electron chi connectivity index (χ2n) is 6.28. The second kappa shape index (κ2) is 8.06. The van der Waals surface area contributed by atoms with Crippen LogP contribution in [-0.2, 0) is 6.54 Å². The van der Waals surface area contributed by atoms with Gasteiger partial charge in [-0.1, -0.05) is 49.5 Å². The predicted molar refractivity (Wildman–Crippen MR) is 112 cm³/mol. The highest BCUT2D eigenvalue weighted by molar-refractivity contribution is 7.98. The van der Waals surface area contributed by atoms with Gasteiger partial charge in [-0.3, -0.25) is 4.79 Å². The van der Waals surface area contributed by atoms with E-state index in [0.29, 0.717) is 22.8 Å². The van der Waals surface area contributed by atoms with Crippen molar-refractivity contribution in [2.75, 3.05) is 6.26 Å². The zero-order valence-electron chi connectivity index (χ0n) is 15.2. The second-order valence-corrected chi connectivity index (χ2v) is 8.14. The first-order valence-corrected chi connectivity index (χ1v) is 10.6. The zero-order valence-corrected chi connectivity index (χ0v) is 16.9. The van der Waals surface area contributed by atoms with Crippen LogP contribution in [0.4, 0.5) is 0 Å². The van der Waals surface area contributed by atoms with Gasteiger partial charge in [0.05, 0.1) is 15.8 Å². The van der Waals surface area contributed by atoms with E-state index in [1.54, 1.807) is 23.1 Å². The molecule has 1 amide bonds. The van der Waals surface area contributed by atoms with Crippen LogP contribution < -0.4 is 4.80 Å². The largest absolute Gasteiger partial charge is 0.312 e. The summed E-state index contributed by atoms with van der Waals surface area (Å²) in [6.45, 7) is 8.83. The molecule has 3 nitrogen and oxygen atoms in total. The third-order valence-corrected chi connectivity index (χ3v) is 6.06. The molecule has 0 bridgehead atoms. The van der Waals surface area contributed by atoms with Crippen LogP contribution >= 0.6 is 23.1 Å². The van der Waals surface area contributed by atoms with Crippen molar-refractivity contribution in [3.8, 4) is 0 Å². The van der Waals surface area contributed by atoms with Crippen LogP contribution in [0.5, 0.6) is 0 Å². The Kier molecular flexibility index (Phi) is 5.79. The van der Waals surface area contributed by atoms with Gasteiger partial charge in [-0.15, -0.1) is 18.3 Å². The number of benzene rings is 2. The van der Waals surface area contributed by atoms with E-state index >= 15 is 0 Å². The molecule has 0 saturated heterocycles. The Labute approximate surface area is 162 Å². The Balaban J connectivity index is 2.16. The van der Waals surface area contributed by atoms with Crippen LogP contribution in [0.1, 0.15) is 35.7 Å². The molecule has 26 heavy (non-hydrogen) atoms. The average Bonchev–Trinajstić information content (AvgIpc) is 2.98. The van der Waals surface area contributed by atoms with E-state index in [1.165, 1.54) is 5.56 Å². The number of fused-ring (bicyclic) bond motifs is 1. The molecule has 134 valence electrons. The SMILES string of the molecule is C=CCn1c(=NC(=O)c2ccccc2SC)sc2cc(C(C)C)ccc21. The number of hydrogen-bond donors (Lipinski definition) is 0. The molecule has 0 N–H and O–H groups in total. The Morgan fingerprint density at radius 1 is 1.31 bits per heavy atom. The Bertz CT molecular complexity index is 1030. The van der Waals surface area contributed by atoms with Crippen molar-refractivity contribution in [3.63, 3.8) is 0 Å². The Morgan fingerprint density at radius 3 is 2.77 bits per heavy atom. The first kappa shape index (κ1) is 18.7. The zero-order chi connectivity index (χ0) is 18.7. The average molecular weight is 383 g/mol. The van der Waals surface area contributed by atoms with Crippen molar-refractivity contribution in [1.29, 1.82) is 0 Å². The topological polar surface area (TPSA) is 34.4 Å². The number of rotatable bonds is 5. The number of amides is 1. The molecule has 2 aromatic carbocycles. The summed E-state index contributed by atoms with van der Waals surface area (Å²) in [6, 6.07) is 14.1. The van der Waals surface area contributed by atoms with E-state index in [1.807, 2.05) is 36.6 Å². The fraction of sp³-hybridized carbons (Fsp3) is 0.238. The Hall–Kier alpha value is -2.11. The van der Waals surface area contributed by atoms with Gasteiger partial charge >= 0.3 is 0 Å². The number of thioether (sulfide) groups is 1. The lowest BCUT2D eigenvalue weighted by Gasteiger charge is -2.06. The number of allylic oxidation sites excluding steroid dienone is 1. The van der Waals surface area contributed by atoms with Gasteiger partial charge in [0.2, 0.25) is 0 Å². The minimum absolute atomic E-state index is 0.205. The predicted octanol–water partition coefficient (Wildman–Crippen LogP) is 5.48. The van der Waals surface area contributed by atoms with Gasteiger partial charge in [0, 0.05) is 11.4 Å². The third-order valence-electron chi connectivity index (χ3n) is 4.22. The fourth-order valence-corrected chi connectivity index (χ4v) is 4.48. The molecule has 0 atom stereocenters. The van der Waals surface area contributed by atoms with Crippen LogP contribution in [0.15, 0.2) is 65.0 Å². The van der Waals surface area contributed by atoms with Gasteiger partial charge in [-0.2, -0.15) is 4.99 Å². The first-order valence-electron chi connectivity index (χ1n) is 8.51. The molecule has 0 aliphatic heterocycles. The number of hydrogen-bond acceptors (Lipinski definition) is 3. The lowest BCUT2D eigenvalue weighted by atomic mass is 10.0. The van der Waals surface area contributed by atoms with Gasteiger partial charge in [0.25, 0.3) is 5.91 Å². The molecule has 5 heteroatoms. The summed E-state index contributed by atoms with van der Waals surface area (Å²) in [7, 11) is 0. The van der Waals surface area contributed by atoms with Crippen molar-refractivity contribution in [1.82, 2.24) is 4.57 Å². The van der Waals surface area contributed by atoms with Crippen molar-refractivity contribution in [2.24, 2.45) is 4.99 Å². The number of carbonyl (C=O) groups is 1. The quantitative estimate of drug-likeness (QED) is 0.433. The number of carbonyl (C=O) groups excluding carboxylic acids is 1. The fourth-order valence-electron chi connectivity index (χ4n) is 2.81. The normalized spacial score (nSPS) is 12.1. The molecule has 3 rings (SSSR count). The van der Waals surface area contributed by atoms with Gasteiger partial charge in [-0.05, 0) is 42.0 Å². The smallest absolute Gasteiger partial charge is 0.280 e. The molecule has 3 aromatic rings. The van der Waals surface area contributed by atoms with E-state index in [0.717, 1.165) is 15.1 Å². The van der Waals surface area contributed by atoms with Crippen LogP contribution in [-0.4, -0.2) is 16.7 Å². The standard InChI is InChI=1S/C21H22N2OS2/c1-5-12-23-17-11-10-15(14(2)3)13-19(17)26-21(23)22-20(24)16-8-6-7-9-18(16)25-4/h5-11,13-14H,1,12H2,2-4H3. The molecular formula is C21H22N2OS2. The molecule has 0 aliphatic rings. The molecule has 0 aliphatic carbocycles. The molecule has 1 heterocycles. The molecule has 1 aromatic heterocycles. The summed E-state index contributed by atoms with van der Waals surface area (Å²) in [5, 5.41) is 0. The highest BCUT2D eigenvalue weighted by Crippen LogP contribution is 2.24. The Morgan fingerprint density at radius 2 is 2.08 bits per heavy atom. The van der Waals surface area contributed by atoms with Crippen LogP contribution in [0.2, 0.25) is 0 Å². The molecule has 0 fully saturated rings. The number of thiazole rings is 1. The van der Waals surface area contributed by atoms with E-state index in [9.17, 15) is 4.79 Å². The van der Waals surface area contributed by atoms with Gasteiger partial charge < -0.3 is 4.57 Å². The maximum atomic E-state index is 12.8. The summed E-state index contributed by atoms with van der Waals surface area (Å²) >= 11 is 3.11. The van der Waals surface area contributed by atoms with Gasteiger partial charge in [0.15, 0.2) is 4.80 Å². The summed E-state index contributed by atoms with van der Waals surface area (Å²) in [5.41, 5.74) is 3.02. The van der Waals surface area contributed by atoms with Crippen LogP contribution in [0, 0.1) is 0 Å². The highest BCUT2D eigenvalue weighted by atomic mass is 32.2. The maximum absolute atomic E-state index is 12.8. The number of aromatic nitrogens is 1. The maximum Gasteiger partial charge on any atom is 0.280 e. The molecular weight excluding hydrogens is 360 g/mol. The van der Waals surface area contributed by atoms with Crippen LogP contribution in [0.3, 0.4) is 0 Å². The summed E-state index contributed by atoms with van der Waals surface area (Å²) in [6.07, 6.45) is 3.80. The van der Waals surface area contributed by atoms with Gasteiger partial charge in [0.1, 0.15) is 0 Å². The van der Waals surface area contributed by atoms with E-state index in [2.05, 4.69) is 48.2 Å². The molecule has 0 spiro atoms. The van der Waals surface area contributed by atoms with E-state index in [4.69, 9.17) is 0 Å². The van der Waals surface area contributed by atoms with Crippen molar-refractivity contribution < 1.29 is 4.79 Å². The van der Waals surface area contributed by atoms with E-state index < -0.39 is 0 Å². The summed E-state index contributed by atoms with van der Waals surface area (Å²) in [5.74, 6) is 0.258. The lowest BCUT2D eigenvalue weighted by Crippen LogP contribution is -2.16. The van der Waals surface area contributed by atoms with Crippen LogP contribution in [0.25, 0.3) is 10.2 Å². The molecule has 0 radical (unpaired) electrons. The van der Waals surface area contributed by atoms with Crippen molar-refractivity contribution in [2.45, 2.75) is 31.2 Å². The van der Waals surface area contributed by atoms with Crippen molar-refractivity contribution in [3.05, 3.63) is 71.0 Å². The van der Waals surface area contributed by atoms with E-state index in [-0.39, 0.29) is 5.91 Å². The van der Waals surface area contributed by atoms with Gasteiger partial charge in [-0.25, -0.2) is 0 Å². The molecule has 0 unspecified atom stereocenters. The highest BCUT2D eigenvalue weighted by Gasteiger charge is 2.12. The summed E-state index contributed by atoms with van der Waals surface area (Å²) in [4.78, 5) is 18.9.